The molecule has 18 heavy (non-hydrogen) atoms. The third kappa shape index (κ3) is 4.40. The molecule has 1 aromatic rings. The minimum absolute atomic E-state index is 0.0459. The highest BCUT2D eigenvalue weighted by atomic mass is 16.5. The second-order valence-corrected chi connectivity index (χ2v) is 3.35. The molecule has 100 valence electrons. The van der Waals surface area contributed by atoms with E-state index in [1.807, 2.05) is 6.92 Å². The Bertz CT molecular complexity index is 398. The van der Waals surface area contributed by atoms with Gasteiger partial charge >= 0.3 is 6.01 Å². The number of rotatable bonds is 7. The Morgan fingerprint density at radius 3 is 2.44 bits per heavy atom. The summed E-state index contributed by atoms with van der Waals surface area (Å²) in [5.41, 5.74) is 0. The van der Waals surface area contributed by atoms with Gasteiger partial charge in [-0.2, -0.15) is 15.0 Å². The van der Waals surface area contributed by atoms with Gasteiger partial charge in [0.25, 0.3) is 0 Å². The zero-order chi connectivity index (χ0) is 13.4. The van der Waals surface area contributed by atoms with Crippen molar-refractivity contribution in [3.8, 4) is 6.01 Å². The number of hydrogen-bond acceptors (Lipinski definition) is 7. The first-order valence-electron chi connectivity index (χ1n) is 5.68. The molecule has 8 nitrogen and oxygen atoms in total. The highest BCUT2D eigenvalue weighted by molar-refractivity contribution is 5.75. The molecule has 0 aromatic carbocycles. The topological polar surface area (TPSA) is 101 Å². The number of amides is 1. The van der Waals surface area contributed by atoms with Gasteiger partial charge in [0, 0.05) is 26.6 Å². The Hall–Kier alpha value is -2.12. The van der Waals surface area contributed by atoms with Crippen LogP contribution in [0.5, 0.6) is 6.01 Å². The van der Waals surface area contributed by atoms with Crippen molar-refractivity contribution in [2.45, 2.75) is 13.3 Å². The summed E-state index contributed by atoms with van der Waals surface area (Å²) in [6, 6.07) is 0.225. The first kappa shape index (κ1) is 13.9. The summed E-state index contributed by atoms with van der Waals surface area (Å²) in [6.45, 7) is 3.08. The van der Waals surface area contributed by atoms with Gasteiger partial charge < -0.3 is 20.7 Å². The van der Waals surface area contributed by atoms with E-state index in [2.05, 4.69) is 30.9 Å². The summed E-state index contributed by atoms with van der Waals surface area (Å²) in [5.74, 6) is 0.768. The monoisotopic (exact) mass is 254 g/mol. The van der Waals surface area contributed by atoms with E-state index in [9.17, 15) is 4.79 Å². The quantitative estimate of drug-likeness (QED) is 0.622. The SMILES string of the molecule is CCNc1nc(NCCC(=O)NC)nc(OC)n1. The number of nitrogens with zero attached hydrogens (tertiary/aromatic N) is 3. The molecule has 0 aliphatic rings. The van der Waals surface area contributed by atoms with Crippen LogP contribution in [0, 0.1) is 0 Å². The number of carbonyl (C=O) groups excluding carboxylic acids is 1. The maximum atomic E-state index is 11.1. The van der Waals surface area contributed by atoms with Crippen LogP contribution < -0.4 is 20.7 Å². The number of aromatic nitrogens is 3. The van der Waals surface area contributed by atoms with Crippen LogP contribution >= 0.6 is 0 Å². The van der Waals surface area contributed by atoms with Crippen LogP contribution in [0.4, 0.5) is 11.9 Å². The predicted octanol–water partition coefficient (Wildman–Crippen LogP) is -0.140. The van der Waals surface area contributed by atoms with E-state index in [4.69, 9.17) is 4.74 Å². The zero-order valence-electron chi connectivity index (χ0n) is 10.8. The highest BCUT2D eigenvalue weighted by Crippen LogP contribution is 2.10. The van der Waals surface area contributed by atoms with Gasteiger partial charge in [-0.3, -0.25) is 4.79 Å². The first-order chi connectivity index (χ1) is 8.69. The Kier molecular flexibility index (Phi) is 5.62. The lowest BCUT2D eigenvalue weighted by atomic mass is 10.4. The van der Waals surface area contributed by atoms with Crippen molar-refractivity contribution >= 4 is 17.8 Å². The van der Waals surface area contributed by atoms with Gasteiger partial charge in [0.05, 0.1) is 7.11 Å². The summed E-state index contributed by atoms with van der Waals surface area (Å²) < 4.78 is 4.97. The lowest BCUT2D eigenvalue weighted by molar-refractivity contribution is -0.120. The van der Waals surface area contributed by atoms with Crippen LogP contribution in [0.1, 0.15) is 13.3 Å². The van der Waals surface area contributed by atoms with Crippen molar-refractivity contribution in [1.29, 1.82) is 0 Å². The lowest BCUT2D eigenvalue weighted by Gasteiger charge is -2.08. The van der Waals surface area contributed by atoms with E-state index >= 15 is 0 Å². The van der Waals surface area contributed by atoms with Gasteiger partial charge in [-0.1, -0.05) is 0 Å². The second-order valence-electron chi connectivity index (χ2n) is 3.35. The molecule has 0 aliphatic heterocycles. The molecule has 0 aliphatic carbocycles. The van der Waals surface area contributed by atoms with Gasteiger partial charge in [0.15, 0.2) is 0 Å². The first-order valence-corrected chi connectivity index (χ1v) is 5.68. The third-order valence-electron chi connectivity index (χ3n) is 2.05. The molecule has 0 radical (unpaired) electrons. The van der Waals surface area contributed by atoms with E-state index in [0.717, 1.165) is 0 Å². The normalized spacial score (nSPS) is 9.72. The largest absolute Gasteiger partial charge is 0.467 e. The van der Waals surface area contributed by atoms with Crippen LogP contribution in [-0.4, -0.2) is 48.1 Å². The Morgan fingerprint density at radius 2 is 1.89 bits per heavy atom. The number of carbonyl (C=O) groups is 1. The average molecular weight is 254 g/mol. The molecule has 1 aromatic heterocycles. The molecule has 0 saturated carbocycles. The van der Waals surface area contributed by atoms with Gasteiger partial charge in [-0.15, -0.1) is 0 Å². The summed E-state index contributed by atoms with van der Waals surface area (Å²) in [7, 11) is 3.08. The van der Waals surface area contributed by atoms with Crippen LogP contribution in [0.2, 0.25) is 0 Å². The Balaban J connectivity index is 2.63. The summed E-state index contributed by atoms with van der Waals surface area (Å²) in [4.78, 5) is 23.2. The summed E-state index contributed by atoms with van der Waals surface area (Å²) >= 11 is 0. The molecule has 3 N–H and O–H groups in total. The van der Waals surface area contributed by atoms with E-state index in [1.54, 1.807) is 7.05 Å². The lowest BCUT2D eigenvalue weighted by Crippen LogP contribution is -2.21. The smallest absolute Gasteiger partial charge is 0.322 e. The molecule has 0 bridgehead atoms. The average Bonchev–Trinajstić information content (AvgIpc) is 2.38. The summed E-state index contributed by atoms with van der Waals surface area (Å²) in [6.07, 6.45) is 0.348. The molecular formula is C10H18N6O2. The van der Waals surface area contributed by atoms with Gasteiger partial charge in [0.2, 0.25) is 17.8 Å². The number of nitrogens with one attached hydrogen (secondary N) is 3. The Morgan fingerprint density at radius 1 is 1.22 bits per heavy atom. The Labute approximate surface area is 106 Å². The van der Waals surface area contributed by atoms with E-state index < -0.39 is 0 Å². The maximum Gasteiger partial charge on any atom is 0.322 e. The number of ether oxygens (including phenoxy) is 1. The summed E-state index contributed by atoms with van der Waals surface area (Å²) in [5, 5.41) is 8.45. The maximum absolute atomic E-state index is 11.1. The number of anilines is 2. The van der Waals surface area contributed by atoms with Crippen molar-refractivity contribution in [3.63, 3.8) is 0 Å². The van der Waals surface area contributed by atoms with Crippen molar-refractivity contribution in [3.05, 3.63) is 0 Å². The molecule has 8 heteroatoms. The van der Waals surface area contributed by atoms with E-state index in [-0.39, 0.29) is 11.9 Å². The molecule has 1 heterocycles. The molecule has 0 spiro atoms. The molecular weight excluding hydrogens is 236 g/mol. The fraction of sp³-hybridized carbons (Fsp3) is 0.600. The zero-order valence-corrected chi connectivity index (χ0v) is 10.8. The van der Waals surface area contributed by atoms with Crippen molar-refractivity contribution in [2.75, 3.05) is 37.9 Å². The van der Waals surface area contributed by atoms with E-state index in [1.165, 1.54) is 7.11 Å². The van der Waals surface area contributed by atoms with Crippen molar-refractivity contribution in [2.24, 2.45) is 0 Å². The van der Waals surface area contributed by atoms with Gasteiger partial charge in [-0.05, 0) is 6.92 Å². The second kappa shape index (κ2) is 7.25. The fourth-order valence-electron chi connectivity index (χ4n) is 1.18. The van der Waals surface area contributed by atoms with Crippen molar-refractivity contribution < 1.29 is 9.53 Å². The number of hydrogen-bond donors (Lipinski definition) is 3. The van der Waals surface area contributed by atoms with Crippen molar-refractivity contribution in [1.82, 2.24) is 20.3 Å². The van der Waals surface area contributed by atoms with Crippen LogP contribution in [-0.2, 0) is 4.79 Å². The predicted molar refractivity (Wildman–Crippen MR) is 67.7 cm³/mol. The number of methoxy groups -OCH3 is 1. The molecule has 0 saturated heterocycles. The van der Waals surface area contributed by atoms with Crippen LogP contribution in [0.15, 0.2) is 0 Å². The third-order valence-corrected chi connectivity index (χ3v) is 2.05. The minimum Gasteiger partial charge on any atom is -0.467 e. The van der Waals surface area contributed by atoms with Crippen LogP contribution in [0.25, 0.3) is 0 Å². The minimum atomic E-state index is -0.0459. The van der Waals surface area contributed by atoms with Crippen LogP contribution in [0.3, 0.4) is 0 Å². The van der Waals surface area contributed by atoms with Gasteiger partial charge in [0.1, 0.15) is 0 Å². The molecule has 1 amide bonds. The van der Waals surface area contributed by atoms with Gasteiger partial charge in [-0.25, -0.2) is 0 Å². The molecule has 0 fully saturated rings. The molecule has 0 unspecified atom stereocenters. The molecule has 1 rings (SSSR count). The fourth-order valence-corrected chi connectivity index (χ4v) is 1.18. The highest BCUT2D eigenvalue weighted by Gasteiger charge is 2.06. The molecule has 0 atom stereocenters. The standard InChI is InChI=1S/C10H18N6O2/c1-4-12-8-14-9(16-10(15-8)18-3)13-6-5-7(17)11-2/h4-6H2,1-3H3,(H,11,17)(H2,12,13,14,15,16). The van der Waals surface area contributed by atoms with E-state index in [0.29, 0.717) is 31.4 Å².